The minimum atomic E-state index is -4.45. The average Bonchev–Trinajstić information content (AvgIpc) is 3.12. The third-order valence-electron chi connectivity index (χ3n) is 10.1. The van der Waals surface area contributed by atoms with Crippen molar-refractivity contribution in [3.05, 3.63) is 36.5 Å². The topological polar surface area (TPSA) is 124 Å². The quantitative estimate of drug-likeness (QED) is 0.0280. The summed E-state index contributed by atoms with van der Waals surface area (Å²) in [5.74, 6) is -1.56. The highest BCUT2D eigenvalue weighted by atomic mass is 32.2. The van der Waals surface area contributed by atoms with Gasteiger partial charge in [-0.25, -0.2) is 0 Å². The van der Waals surface area contributed by atoms with Gasteiger partial charge in [0.2, 0.25) is 5.91 Å². The molecule has 0 aliphatic rings. The van der Waals surface area contributed by atoms with Gasteiger partial charge in [0, 0.05) is 0 Å². The van der Waals surface area contributed by atoms with E-state index in [1.54, 1.807) is 6.08 Å². The maximum Gasteiger partial charge on any atom is 0.267 e. The average molecular weight is 768 g/mol. The van der Waals surface area contributed by atoms with Gasteiger partial charge in [-0.3, -0.25) is 9.35 Å². The summed E-state index contributed by atoms with van der Waals surface area (Å²) < 4.78 is 32.6. The van der Waals surface area contributed by atoms with Crippen LogP contribution in [0.25, 0.3) is 0 Å². The Labute approximate surface area is 328 Å². The lowest BCUT2D eigenvalue weighted by Gasteiger charge is -2.22. The maximum absolute atomic E-state index is 12.6. The predicted octanol–water partition coefficient (Wildman–Crippen LogP) is 12.3. The normalized spacial score (nSPS) is 14.1. The molecule has 8 heteroatoms. The molecular weight excluding hydrogens is 683 g/mol. The number of allylic oxidation sites excluding steroid dienone is 5. The first-order valence-corrected chi connectivity index (χ1v) is 23.9. The monoisotopic (exact) mass is 768 g/mol. The first-order chi connectivity index (χ1) is 25.7. The molecule has 0 bridgehead atoms. The molecule has 0 aromatic rings. The molecular formula is C45H85NO6S. The molecule has 3 unspecified atom stereocenters. The fourth-order valence-electron chi connectivity index (χ4n) is 6.70. The van der Waals surface area contributed by atoms with Crippen molar-refractivity contribution in [3.63, 3.8) is 0 Å². The van der Waals surface area contributed by atoms with E-state index in [2.05, 4.69) is 43.5 Å². The molecule has 0 aromatic heterocycles. The van der Waals surface area contributed by atoms with Crippen LogP contribution in [0, 0.1) is 0 Å². The number of hydrogen-bond acceptors (Lipinski definition) is 5. The van der Waals surface area contributed by atoms with Crippen LogP contribution in [0.2, 0.25) is 0 Å². The second kappa shape index (κ2) is 38.8. The summed E-state index contributed by atoms with van der Waals surface area (Å²) in [5, 5.41) is 23.4. The number of aliphatic hydroxyl groups is 2. The van der Waals surface area contributed by atoms with Crippen LogP contribution in [-0.4, -0.2) is 53.1 Å². The summed E-state index contributed by atoms with van der Waals surface area (Å²) >= 11 is 0. The molecule has 0 aliphatic heterocycles. The van der Waals surface area contributed by atoms with E-state index in [0.29, 0.717) is 12.8 Å². The van der Waals surface area contributed by atoms with Crippen molar-refractivity contribution in [1.29, 1.82) is 0 Å². The second-order valence-electron chi connectivity index (χ2n) is 15.5. The number of carbonyl (C=O) groups excluding carboxylic acids is 1. The Morgan fingerprint density at radius 1 is 0.509 bits per heavy atom. The lowest BCUT2D eigenvalue weighted by atomic mass is 10.0. The van der Waals surface area contributed by atoms with Crippen LogP contribution in [0.4, 0.5) is 0 Å². The molecule has 0 radical (unpaired) electrons. The van der Waals surface area contributed by atoms with Crippen molar-refractivity contribution >= 4 is 16.0 Å². The van der Waals surface area contributed by atoms with Gasteiger partial charge >= 0.3 is 0 Å². The fourth-order valence-corrected chi connectivity index (χ4v) is 7.44. The molecule has 7 nitrogen and oxygen atoms in total. The Kier molecular flexibility index (Phi) is 37.7. The SMILES string of the molecule is CCCCCCCCCCCC/C=C\CCCCCCCCC(O)C(=O)NC(CS(=O)(=O)O)C(O)/C=C/CC/C=C/CCCCCCCCCCCC. The van der Waals surface area contributed by atoms with E-state index >= 15 is 0 Å². The minimum absolute atomic E-state index is 0.267. The molecule has 0 aliphatic carbocycles. The Morgan fingerprint density at radius 3 is 1.25 bits per heavy atom. The Hall–Kier alpha value is -1.48. The lowest BCUT2D eigenvalue weighted by Crippen LogP contribution is -2.50. The highest BCUT2D eigenvalue weighted by Crippen LogP contribution is 2.14. The van der Waals surface area contributed by atoms with E-state index in [0.717, 1.165) is 38.5 Å². The summed E-state index contributed by atoms with van der Waals surface area (Å²) in [6.45, 7) is 4.52. The summed E-state index contributed by atoms with van der Waals surface area (Å²) in [7, 11) is -4.45. The molecule has 0 aromatic carbocycles. The maximum atomic E-state index is 12.6. The van der Waals surface area contributed by atoms with E-state index < -0.39 is 40.0 Å². The van der Waals surface area contributed by atoms with Crippen molar-refractivity contribution in [3.8, 4) is 0 Å². The molecule has 312 valence electrons. The molecule has 0 saturated heterocycles. The number of aliphatic hydroxyl groups excluding tert-OH is 2. The van der Waals surface area contributed by atoms with E-state index in [4.69, 9.17) is 0 Å². The van der Waals surface area contributed by atoms with Crippen LogP contribution < -0.4 is 5.32 Å². The van der Waals surface area contributed by atoms with Crippen molar-refractivity contribution in [2.45, 2.75) is 238 Å². The summed E-state index contributed by atoms with van der Waals surface area (Å²) in [6, 6.07) is -1.25. The molecule has 3 atom stereocenters. The Bertz CT molecular complexity index is 995. The summed E-state index contributed by atoms with van der Waals surface area (Å²) in [6.07, 6.45) is 47.7. The van der Waals surface area contributed by atoms with Gasteiger partial charge < -0.3 is 15.5 Å². The van der Waals surface area contributed by atoms with Crippen LogP contribution >= 0.6 is 0 Å². The van der Waals surface area contributed by atoms with Crippen LogP contribution in [-0.2, 0) is 14.9 Å². The van der Waals surface area contributed by atoms with E-state index in [9.17, 15) is 28.0 Å². The van der Waals surface area contributed by atoms with E-state index in [1.807, 2.05) is 0 Å². The Balaban J connectivity index is 4.02. The van der Waals surface area contributed by atoms with Crippen molar-refractivity contribution in [2.24, 2.45) is 0 Å². The Morgan fingerprint density at radius 2 is 0.849 bits per heavy atom. The standard InChI is InChI=1S/C45H85NO6S/c1-3-5-7-9-11-13-15-17-19-21-22-23-24-26-28-30-32-34-36-38-40-44(48)45(49)46-42(41-53(50,51)52)43(47)39-37-35-33-31-29-27-25-20-18-16-14-12-10-8-6-4-2/h23-24,29,31,37,39,42-44,47-48H,3-22,25-28,30,32-36,38,40-41H2,1-2H3,(H,46,49)(H,50,51,52)/b24-23-,31-29+,39-37+. The first kappa shape index (κ1) is 51.5. The summed E-state index contributed by atoms with van der Waals surface area (Å²) in [4.78, 5) is 12.6. The minimum Gasteiger partial charge on any atom is -0.387 e. The van der Waals surface area contributed by atoms with Crippen LogP contribution in [0.1, 0.15) is 219 Å². The number of amides is 1. The number of hydrogen-bond donors (Lipinski definition) is 4. The molecule has 1 amide bonds. The predicted molar refractivity (Wildman–Crippen MR) is 227 cm³/mol. The van der Waals surface area contributed by atoms with Gasteiger partial charge in [0.05, 0.1) is 17.9 Å². The van der Waals surface area contributed by atoms with Gasteiger partial charge in [0.1, 0.15) is 6.10 Å². The van der Waals surface area contributed by atoms with Crippen molar-refractivity contribution < 1.29 is 28.0 Å². The first-order valence-electron chi connectivity index (χ1n) is 22.3. The third kappa shape index (κ3) is 38.6. The second-order valence-corrected chi connectivity index (χ2v) is 17.0. The van der Waals surface area contributed by atoms with Gasteiger partial charge in [-0.1, -0.05) is 198 Å². The highest BCUT2D eigenvalue weighted by Gasteiger charge is 2.27. The third-order valence-corrected chi connectivity index (χ3v) is 10.9. The zero-order valence-electron chi connectivity index (χ0n) is 34.5. The van der Waals surface area contributed by atoms with Gasteiger partial charge in [-0.15, -0.1) is 0 Å². The van der Waals surface area contributed by atoms with Crippen molar-refractivity contribution in [2.75, 3.05) is 5.75 Å². The van der Waals surface area contributed by atoms with Gasteiger partial charge in [0.25, 0.3) is 10.1 Å². The zero-order chi connectivity index (χ0) is 39.1. The lowest BCUT2D eigenvalue weighted by molar-refractivity contribution is -0.130. The smallest absolute Gasteiger partial charge is 0.267 e. The largest absolute Gasteiger partial charge is 0.387 e. The van der Waals surface area contributed by atoms with Crippen LogP contribution in [0.5, 0.6) is 0 Å². The molecule has 0 spiro atoms. The zero-order valence-corrected chi connectivity index (χ0v) is 35.3. The van der Waals surface area contributed by atoms with E-state index in [-0.39, 0.29) is 6.42 Å². The van der Waals surface area contributed by atoms with Gasteiger partial charge in [-0.05, 0) is 57.8 Å². The van der Waals surface area contributed by atoms with Crippen LogP contribution in [0.3, 0.4) is 0 Å². The van der Waals surface area contributed by atoms with E-state index in [1.165, 1.54) is 154 Å². The van der Waals surface area contributed by atoms with Gasteiger partial charge in [0.15, 0.2) is 0 Å². The van der Waals surface area contributed by atoms with Crippen LogP contribution in [0.15, 0.2) is 36.5 Å². The molecule has 53 heavy (non-hydrogen) atoms. The number of carbonyl (C=O) groups is 1. The molecule has 4 N–H and O–H groups in total. The number of unbranched alkanes of at least 4 members (excludes halogenated alkanes) is 27. The van der Waals surface area contributed by atoms with Gasteiger partial charge in [-0.2, -0.15) is 8.42 Å². The molecule has 0 rings (SSSR count). The number of rotatable bonds is 40. The molecule has 0 fully saturated rings. The summed E-state index contributed by atoms with van der Waals surface area (Å²) in [5.41, 5.74) is 0. The molecule has 0 heterocycles. The number of nitrogens with one attached hydrogen (secondary N) is 1. The molecule has 0 saturated carbocycles. The fraction of sp³-hybridized carbons (Fsp3) is 0.844. The van der Waals surface area contributed by atoms with Crippen molar-refractivity contribution in [1.82, 2.24) is 5.32 Å². The highest BCUT2D eigenvalue weighted by molar-refractivity contribution is 7.85.